The molecule has 0 fully saturated rings. The number of carboxylic acids is 1. The molecule has 0 amide bonds. The largest absolute Gasteiger partial charge is 0.501 e. The van der Waals surface area contributed by atoms with Gasteiger partial charge in [-0.15, -0.1) is 0 Å². The highest BCUT2D eigenvalue weighted by molar-refractivity contribution is 5.98. The summed E-state index contributed by atoms with van der Waals surface area (Å²) in [5.41, 5.74) is -4.00. The van der Waals surface area contributed by atoms with Crippen molar-refractivity contribution in [3.8, 4) is 11.5 Å². The molecule has 0 saturated heterocycles. The van der Waals surface area contributed by atoms with Crippen LogP contribution in [-0.2, 0) is 0 Å². The number of rotatable bonds is 4. The van der Waals surface area contributed by atoms with E-state index in [-0.39, 0.29) is 0 Å². The Kier molecular flexibility index (Phi) is 3.78. The van der Waals surface area contributed by atoms with E-state index in [1.54, 1.807) is 0 Å². The second-order valence-electron chi connectivity index (χ2n) is 4.16. The van der Waals surface area contributed by atoms with E-state index >= 15 is 0 Å². The van der Waals surface area contributed by atoms with Gasteiger partial charge in [0.25, 0.3) is 0 Å². The van der Waals surface area contributed by atoms with E-state index in [9.17, 15) is 35.2 Å². The topological polar surface area (TPSA) is 164 Å². The van der Waals surface area contributed by atoms with E-state index in [4.69, 9.17) is 5.11 Å². The van der Waals surface area contributed by atoms with Gasteiger partial charge in [-0.3, -0.25) is 20.2 Å². The number of nitrogens with zero attached hydrogens (tertiary/aromatic N) is 2. The number of aromatic hydroxyl groups is 2. The molecule has 10 heteroatoms. The molecule has 108 valence electrons. The molecule has 0 heterocycles. The van der Waals surface area contributed by atoms with Crippen LogP contribution in [0.1, 0.15) is 35.7 Å². The molecule has 0 aliphatic heterocycles. The number of carboxylic acid groups (broad SMARTS) is 1. The van der Waals surface area contributed by atoms with Crippen LogP contribution < -0.4 is 0 Å². The zero-order valence-corrected chi connectivity index (χ0v) is 10.4. The van der Waals surface area contributed by atoms with Crippen LogP contribution in [0.4, 0.5) is 11.4 Å². The van der Waals surface area contributed by atoms with Crippen molar-refractivity contribution in [3.05, 3.63) is 31.4 Å². The lowest BCUT2D eigenvalue weighted by Gasteiger charge is -2.12. The minimum Gasteiger partial charge on any atom is -0.501 e. The maximum absolute atomic E-state index is 11.0. The number of hydrogen-bond donors (Lipinski definition) is 3. The van der Waals surface area contributed by atoms with Crippen molar-refractivity contribution in [2.24, 2.45) is 0 Å². The number of aromatic carboxylic acids is 1. The molecule has 0 atom stereocenters. The highest BCUT2D eigenvalue weighted by Crippen LogP contribution is 2.49. The van der Waals surface area contributed by atoms with Crippen molar-refractivity contribution >= 4 is 17.3 Å². The smallest absolute Gasteiger partial charge is 0.343 e. The first kappa shape index (κ1) is 15.1. The third kappa shape index (κ3) is 2.18. The SMILES string of the molecule is CC(C)c1c([N+](=O)[O-])c(O)c(C(=O)O)c(O)c1[N+](=O)[O-]. The van der Waals surface area contributed by atoms with Gasteiger partial charge in [-0.25, -0.2) is 4.79 Å². The summed E-state index contributed by atoms with van der Waals surface area (Å²) in [5.74, 6) is -5.33. The van der Waals surface area contributed by atoms with Crippen LogP contribution in [0.2, 0.25) is 0 Å². The lowest BCUT2D eigenvalue weighted by atomic mass is 9.95. The van der Waals surface area contributed by atoms with Crippen LogP contribution in [0.15, 0.2) is 0 Å². The van der Waals surface area contributed by atoms with Gasteiger partial charge >= 0.3 is 17.3 Å². The maximum Gasteiger partial charge on any atom is 0.343 e. The zero-order valence-electron chi connectivity index (χ0n) is 10.4. The predicted molar refractivity (Wildman–Crippen MR) is 64.1 cm³/mol. The number of nitro benzene ring substituents is 2. The molecule has 10 nitrogen and oxygen atoms in total. The summed E-state index contributed by atoms with van der Waals surface area (Å²) in [6, 6.07) is 0. The first-order chi connectivity index (χ1) is 9.11. The third-order valence-corrected chi connectivity index (χ3v) is 2.59. The van der Waals surface area contributed by atoms with Crippen LogP contribution in [-0.4, -0.2) is 31.1 Å². The van der Waals surface area contributed by atoms with Crippen LogP contribution in [0.3, 0.4) is 0 Å². The Hall–Kier alpha value is -2.91. The van der Waals surface area contributed by atoms with Gasteiger partial charge in [-0.2, -0.15) is 0 Å². The number of phenols is 2. The highest BCUT2D eigenvalue weighted by atomic mass is 16.6. The Balaban J connectivity index is 4.07. The quantitative estimate of drug-likeness (QED) is 0.556. The predicted octanol–water partition coefficient (Wildman–Crippen LogP) is 1.74. The molecule has 0 aliphatic carbocycles. The zero-order chi connectivity index (χ0) is 15.8. The van der Waals surface area contributed by atoms with Gasteiger partial charge in [0.2, 0.25) is 11.5 Å². The minimum atomic E-state index is -1.92. The molecular formula is C10H10N2O8. The monoisotopic (exact) mass is 286 g/mol. The molecular weight excluding hydrogens is 276 g/mol. The molecule has 0 radical (unpaired) electrons. The standard InChI is InChI=1S/C10H10N2O8/c1-3(2)4-6(11(17)18)8(13)5(10(15)16)9(14)7(4)12(19)20/h3,13-14H,1-2H3,(H,15,16). The number of nitro groups is 2. The molecule has 3 N–H and O–H groups in total. The molecule has 0 spiro atoms. The maximum atomic E-state index is 11.0. The van der Waals surface area contributed by atoms with E-state index in [1.807, 2.05) is 0 Å². The molecule has 1 aromatic rings. The molecule has 1 rings (SSSR count). The van der Waals surface area contributed by atoms with Crippen LogP contribution in [0, 0.1) is 20.2 Å². The Labute approximate surface area is 111 Å². The molecule has 20 heavy (non-hydrogen) atoms. The lowest BCUT2D eigenvalue weighted by molar-refractivity contribution is -0.397. The van der Waals surface area contributed by atoms with Crippen LogP contribution >= 0.6 is 0 Å². The van der Waals surface area contributed by atoms with E-state index in [2.05, 4.69) is 0 Å². The van der Waals surface area contributed by atoms with Gasteiger partial charge in [-0.05, 0) is 5.92 Å². The van der Waals surface area contributed by atoms with Crippen molar-refractivity contribution in [3.63, 3.8) is 0 Å². The fourth-order valence-corrected chi connectivity index (χ4v) is 1.84. The number of benzene rings is 1. The van der Waals surface area contributed by atoms with Gasteiger partial charge < -0.3 is 15.3 Å². The van der Waals surface area contributed by atoms with Crippen molar-refractivity contribution in [2.75, 3.05) is 0 Å². The average Bonchev–Trinajstić information content (AvgIpc) is 2.25. The fraction of sp³-hybridized carbons (Fsp3) is 0.300. The van der Waals surface area contributed by atoms with E-state index in [1.165, 1.54) is 13.8 Å². The minimum absolute atomic E-state index is 0.542. The molecule has 0 aromatic heterocycles. The highest BCUT2D eigenvalue weighted by Gasteiger charge is 2.40. The second kappa shape index (κ2) is 4.99. The van der Waals surface area contributed by atoms with E-state index in [0.717, 1.165) is 0 Å². The van der Waals surface area contributed by atoms with Crippen molar-refractivity contribution in [1.29, 1.82) is 0 Å². The Morgan fingerprint density at radius 1 is 1.05 bits per heavy atom. The summed E-state index contributed by atoms with van der Waals surface area (Å²) in [7, 11) is 0. The van der Waals surface area contributed by atoms with Gasteiger partial charge in [0.15, 0.2) is 5.56 Å². The average molecular weight is 286 g/mol. The molecule has 0 bridgehead atoms. The number of hydrogen-bond acceptors (Lipinski definition) is 7. The second-order valence-corrected chi connectivity index (χ2v) is 4.16. The van der Waals surface area contributed by atoms with Crippen molar-refractivity contribution in [1.82, 2.24) is 0 Å². The summed E-state index contributed by atoms with van der Waals surface area (Å²) in [4.78, 5) is 30.6. The molecule has 0 aliphatic rings. The van der Waals surface area contributed by atoms with Crippen LogP contribution in [0.25, 0.3) is 0 Å². The van der Waals surface area contributed by atoms with Gasteiger partial charge in [0.05, 0.1) is 9.85 Å². The normalized spacial score (nSPS) is 10.6. The third-order valence-electron chi connectivity index (χ3n) is 2.59. The summed E-state index contributed by atoms with van der Waals surface area (Å²) in [6.45, 7) is 2.74. The summed E-state index contributed by atoms with van der Waals surface area (Å²) in [6.07, 6.45) is 0. The molecule has 1 aromatic carbocycles. The van der Waals surface area contributed by atoms with Crippen molar-refractivity contribution in [2.45, 2.75) is 19.8 Å². The lowest BCUT2D eigenvalue weighted by Crippen LogP contribution is -2.08. The first-order valence-electron chi connectivity index (χ1n) is 5.25. The van der Waals surface area contributed by atoms with E-state index in [0.29, 0.717) is 0 Å². The number of carbonyl (C=O) groups is 1. The van der Waals surface area contributed by atoms with Crippen LogP contribution in [0.5, 0.6) is 11.5 Å². The molecule has 0 unspecified atom stereocenters. The summed E-state index contributed by atoms with van der Waals surface area (Å²) >= 11 is 0. The fourth-order valence-electron chi connectivity index (χ4n) is 1.84. The van der Waals surface area contributed by atoms with E-state index < -0.39 is 55.7 Å². The van der Waals surface area contributed by atoms with Gasteiger partial charge in [-0.1, -0.05) is 13.8 Å². The van der Waals surface area contributed by atoms with Gasteiger partial charge in [0, 0.05) is 0 Å². The first-order valence-corrected chi connectivity index (χ1v) is 5.25. The Morgan fingerprint density at radius 3 is 1.60 bits per heavy atom. The summed E-state index contributed by atoms with van der Waals surface area (Å²) < 4.78 is 0. The molecule has 0 saturated carbocycles. The summed E-state index contributed by atoms with van der Waals surface area (Å²) in [5, 5.41) is 50.0. The van der Waals surface area contributed by atoms with Crippen molar-refractivity contribution < 1.29 is 30.0 Å². The van der Waals surface area contributed by atoms with Gasteiger partial charge in [0.1, 0.15) is 5.56 Å². The Bertz CT molecular complexity index is 581. The Morgan fingerprint density at radius 2 is 1.40 bits per heavy atom.